The summed E-state index contributed by atoms with van der Waals surface area (Å²) in [6.45, 7) is 4.14. The maximum absolute atomic E-state index is 13.7. The van der Waals surface area contributed by atoms with E-state index in [1.807, 2.05) is 44.2 Å². The van der Waals surface area contributed by atoms with Crippen LogP contribution in [0.15, 0.2) is 42.9 Å². The van der Waals surface area contributed by atoms with Crippen molar-refractivity contribution < 1.29 is 29.1 Å². The van der Waals surface area contributed by atoms with Crippen molar-refractivity contribution in [3.63, 3.8) is 0 Å². The van der Waals surface area contributed by atoms with E-state index in [1.54, 1.807) is 6.20 Å². The first-order chi connectivity index (χ1) is 20.1. The van der Waals surface area contributed by atoms with Gasteiger partial charge in [-0.1, -0.05) is 44.2 Å². The molecule has 0 radical (unpaired) electrons. The van der Waals surface area contributed by atoms with Gasteiger partial charge in [-0.2, -0.15) is 12.6 Å². The Morgan fingerprint density at radius 1 is 1.02 bits per heavy atom. The van der Waals surface area contributed by atoms with Crippen molar-refractivity contribution >= 4 is 42.2 Å². The summed E-state index contributed by atoms with van der Waals surface area (Å²) in [7, 11) is 0. The third kappa shape index (κ3) is 9.61. The third-order valence-electron chi connectivity index (χ3n) is 7.04. The van der Waals surface area contributed by atoms with Gasteiger partial charge in [0.1, 0.15) is 24.2 Å². The molecule has 0 spiro atoms. The minimum absolute atomic E-state index is 0.00424. The zero-order valence-corrected chi connectivity index (χ0v) is 24.8. The minimum atomic E-state index is -1.18. The standard InChI is InChI=1S/C29H40N6O6S/c1-18(2)13-23(29(40)41)34-27(38)22(15-20-16-30-17-31-20)32-26(37)21(14-19-7-4-3-5-8-19)33-28(39)24-9-6-11-35(24)25(36)10-12-42/h3-5,7-8,16-18,21-24,42H,6,9-15H2,1-2H3,(H,30,31)(H,32,37)(H,33,39)(H,34,38)(H,40,41)/t21?,22-,23-,24-/m0/s1. The molecular weight excluding hydrogens is 560 g/mol. The van der Waals surface area contributed by atoms with Crippen LogP contribution in [0.5, 0.6) is 0 Å². The van der Waals surface area contributed by atoms with E-state index in [2.05, 4.69) is 38.5 Å². The van der Waals surface area contributed by atoms with Gasteiger partial charge in [0.05, 0.1) is 12.0 Å². The number of carboxylic acids is 1. The van der Waals surface area contributed by atoms with Crippen molar-refractivity contribution in [2.75, 3.05) is 12.3 Å². The van der Waals surface area contributed by atoms with E-state index in [1.165, 1.54) is 11.2 Å². The number of hydrogen-bond donors (Lipinski definition) is 6. The van der Waals surface area contributed by atoms with Gasteiger partial charge in [0.25, 0.3) is 0 Å². The molecule has 3 rings (SSSR count). The van der Waals surface area contributed by atoms with Gasteiger partial charge < -0.3 is 30.9 Å². The van der Waals surface area contributed by atoms with E-state index in [-0.39, 0.29) is 37.5 Å². The molecule has 2 aromatic rings. The number of likely N-dealkylation sites (tertiary alicyclic amines) is 1. The molecule has 0 bridgehead atoms. The smallest absolute Gasteiger partial charge is 0.326 e. The lowest BCUT2D eigenvalue weighted by Crippen LogP contribution is -2.58. The molecule has 1 fully saturated rings. The molecule has 2 heterocycles. The van der Waals surface area contributed by atoms with E-state index in [0.29, 0.717) is 30.8 Å². The predicted molar refractivity (Wildman–Crippen MR) is 159 cm³/mol. The second-order valence-corrected chi connectivity index (χ2v) is 11.3. The number of rotatable bonds is 15. The van der Waals surface area contributed by atoms with Crippen molar-refractivity contribution in [2.45, 2.75) is 76.5 Å². The van der Waals surface area contributed by atoms with Gasteiger partial charge in [-0.25, -0.2) is 9.78 Å². The van der Waals surface area contributed by atoms with E-state index in [9.17, 15) is 29.1 Å². The summed E-state index contributed by atoms with van der Waals surface area (Å²) in [4.78, 5) is 73.3. The fourth-order valence-corrected chi connectivity index (χ4v) is 5.15. The highest BCUT2D eigenvalue weighted by atomic mass is 32.1. The third-order valence-corrected chi connectivity index (χ3v) is 7.26. The Labute approximate surface area is 250 Å². The summed E-state index contributed by atoms with van der Waals surface area (Å²) in [5, 5.41) is 17.7. The molecule has 228 valence electrons. The van der Waals surface area contributed by atoms with Crippen LogP contribution in [0, 0.1) is 5.92 Å². The number of aliphatic carboxylic acids is 1. The number of benzene rings is 1. The van der Waals surface area contributed by atoms with Gasteiger partial charge in [0.15, 0.2) is 0 Å². The quantitative estimate of drug-likeness (QED) is 0.166. The monoisotopic (exact) mass is 600 g/mol. The highest BCUT2D eigenvalue weighted by Crippen LogP contribution is 2.19. The van der Waals surface area contributed by atoms with Crippen LogP contribution in [0.4, 0.5) is 0 Å². The molecule has 4 amide bonds. The summed E-state index contributed by atoms with van der Waals surface area (Å²) in [5.41, 5.74) is 1.27. The second kappa shape index (κ2) is 15.9. The number of thiol groups is 1. The molecule has 1 aromatic heterocycles. The molecule has 5 N–H and O–H groups in total. The number of carbonyl (C=O) groups excluding carboxylic acids is 4. The molecule has 1 unspecified atom stereocenters. The number of H-pyrrole nitrogens is 1. The van der Waals surface area contributed by atoms with E-state index < -0.39 is 47.9 Å². The fraction of sp³-hybridized carbons (Fsp3) is 0.517. The van der Waals surface area contributed by atoms with Crippen molar-refractivity contribution in [1.82, 2.24) is 30.8 Å². The summed E-state index contributed by atoms with van der Waals surface area (Å²) in [6, 6.07) is 5.03. The average Bonchev–Trinajstić information content (AvgIpc) is 3.65. The Morgan fingerprint density at radius 3 is 2.29 bits per heavy atom. The van der Waals surface area contributed by atoms with Crippen LogP contribution in [0.3, 0.4) is 0 Å². The van der Waals surface area contributed by atoms with Crippen LogP contribution in [0.1, 0.15) is 50.8 Å². The Balaban J connectivity index is 1.82. The van der Waals surface area contributed by atoms with E-state index in [4.69, 9.17) is 0 Å². The van der Waals surface area contributed by atoms with Crippen LogP contribution in [-0.2, 0) is 36.8 Å². The van der Waals surface area contributed by atoms with Crippen molar-refractivity contribution in [3.8, 4) is 0 Å². The maximum Gasteiger partial charge on any atom is 0.326 e. The van der Waals surface area contributed by atoms with Gasteiger partial charge >= 0.3 is 5.97 Å². The second-order valence-electron chi connectivity index (χ2n) is 10.8. The molecule has 1 aromatic carbocycles. The van der Waals surface area contributed by atoms with Crippen molar-refractivity contribution in [2.24, 2.45) is 5.92 Å². The minimum Gasteiger partial charge on any atom is -0.480 e. The van der Waals surface area contributed by atoms with Crippen molar-refractivity contribution in [1.29, 1.82) is 0 Å². The zero-order chi connectivity index (χ0) is 30.6. The van der Waals surface area contributed by atoms with Gasteiger partial charge in [0, 0.05) is 32.0 Å². The first-order valence-corrected chi connectivity index (χ1v) is 14.8. The van der Waals surface area contributed by atoms with E-state index >= 15 is 0 Å². The lowest BCUT2D eigenvalue weighted by atomic mass is 10.0. The number of carboxylic acid groups (broad SMARTS) is 1. The molecule has 1 aliphatic rings. The van der Waals surface area contributed by atoms with Gasteiger partial charge in [-0.05, 0) is 36.5 Å². The number of imidazole rings is 1. The molecule has 0 aliphatic carbocycles. The summed E-state index contributed by atoms with van der Waals surface area (Å²) < 4.78 is 0. The maximum atomic E-state index is 13.7. The van der Waals surface area contributed by atoms with E-state index in [0.717, 1.165) is 5.56 Å². The summed E-state index contributed by atoms with van der Waals surface area (Å²) in [6.07, 6.45) is 4.70. The highest BCUT2D eigenvalue weighted by molar-refractivity contribution is 7.80. The predicted octanol–water partition coefficient (Wildman–Crippen LogP) is 1.09. The number of nitrogens with zero attached hydrogens (tertiary/aromatic N) is 2. The highest BCUT2D eigenvalue weighted by Gasteiger charge is 2.36. The number of hydrogen-bond acceptors (Lipinski definition) is 7. The Bertz CT molecular complexity index is 1210. The molecule has 42 heavy (non-hydrogen) atoms. The normalized spacial score (nSPS) is 16.9. The lowest BCUT2D eigenvalue weighted by Gasteiger charge is -2.28. The Kier molecular flexibility index (Phi) is 12.4. The van der Waals surface area contributed by atoms with Gasteiger partial charge in [0.2, 0.25) is 23.6 Å². The van der Waals surface area contributed by atoms with Crippen LogP contribution < -0.4 is 16.0 Å². The number of carbonyl (C=O) groups is 5. The van der Waals surface area contributed by atoms with Gasteiger partial charge in [-0.15, -0.1) is 0 Å². The largest absolute Gasteiger partial charge is 0.480 e. The Hall–Kier alpha value is -3.87. The van der Waals surface area contributed by atoms with Crippen LogP contribution >= 0.6 is 12.6 Å². The first kappa shape index (κ1) is 32.6. The SMILES string of the molecule is CC(C)C[C@H](NC(=O)[C@H](Cc1c[nH]cn1)NC(=O)C(Cc1ccccc1)NC(=O)[C@@H]1CCCN1C(=O)CCS)C(=O)O. The molecule has 12 nitrogen and oxygen atoms in total. The van der Waals surface area contributed by atoms with Gasteiger partial charge in [-0.3, -0.25) is 19.2 Å². The first-order valence-electron chi connectivity index (χ1n) is 14.1. The summed E-state index contributed by atoms with van der Waals surface area (Å²) in [5.74, 6) is -2.73. The average molecular weight is 601 g/mol. The summed E-state index contributed by atoms with van der Waals surface area (Å²) >= 11 is 4.13. The van der Waals surface area contributed by atoms with Crippen molar-refractivity contribution in [3.05, 3.63) is 54.1 Å². The van der Waals surface area contributed by atoms with Crippen LogP contribution in [0.2, 0.25) is 0 Å². The number of nitrogens with one attached hydrogen (secondary N) is 4. The topological polar surface area (TPSA) is 174 Å². The molecule has 0 saturated carbocycles. The lowest BCUT2D eigenvalue weighted by molar-refractivity contribution is -0.142. The fourth-order valence-electron chi connectivity index (χ4n) is 4.96. The number of aromatic nitrogens is 2. The molecule has 13 heteroatoms. The molecular formula is C29H40N6O6S. The molecule has 4 atom stereocenters. The van der Waals surface area contributed by atoms with Crippen LogP contribution in [-0.4, -0.2) is 86.0 Å². The van der Waals surface area contributed by atoms with Crippen LogP contribution in [0.25, 0.3) is 0 Å². The number of amides is 4. The molecule has 1 saturated heterocycles. The Morgan fingerprint density at radius 2 is 1.69 bits per heavy atom. The zero-order valence-electron chi connectivity index (χ0n) is 23.9. The molecule has 1 aliphatic heterocycles. The number of aromatic amines is 1.